The molecule has 1 aromatic rings. The number of pyridine rings is 1. The molecule has 1 aromatic heterocycles. The molecule has 1 unspecified atom stereocenters. The van der Waals surface area contributed by atoms with Crippen molar-refractivity contribution in [2.24, 2.45) is 5.92 Å². The summed E-state index contributed by atoms with van der Waals surface area (Å²) >= 11 is 0. The standard InChI is InChI=1S/C17H25N3/c1-4-10-18-14(3)17-9-8-16(12-19-17)20(11-5-2)13-15-6-7-15/h2,8-9,12,14-15,18H,4,6-7,10-11,13H2,1,3H3. The van der Waals surface area contributed by atoms with Crippen LogP contribution in [0, 0.1) is 18.3 Å². The summed E-state index contributed by atoms with van der Waals surface area (Å²) in [7, 11) is 0. The Morgan fingerprint density at radius 3 is 2.85 bits per heavy atom. The van der Waals surface area contributed by atoms with Crippen molar-refractivity contribution < 1.29 is 0 Å². The largest absolute Gasteiger partial charge is 0.359 e. The lowest BCUT2D eigenvalue weighted by molar-refractivity contribution is 0.558. The van der Waals surface area contributed by atoms with Crippen LogP contribution in [0.4, 0.5) is 5.69 Å². The molecule has 1 heterocycles. The molecule has 1 saturated carbocycles. The predicted octanol–water partition coefficient (Wildman–Crippen LogP) is 2.99. The number of nitrogens with one attached hydrogen (secondary N) is 1. The summed E-state index contributed by atoms with van der Waals surface area (Å²) in [5.74, 6) is 3.58. The summed E-state index contributed by atoms with van der Waals surface area (Å²) in [5.41, 5.74) is 2.23. The normalized spacial score (nSPS) is 15.7. The van der Waals surface area contributed by atoms with Crippen LogP contribution in [0.2, 0.25) is 0 Å². The van der Waals surface area contributed by atoms with Crippen molar-refractivity contribution in [3.63, 3.8) is 0 Å². The van der Waals surface area contributed by atoms with Gasteiger partial charge in [0.05, 0.1) is 24.1 Å². The highest BCUT2D eigenvalue weighted by Gasteiger charge is 2.24. The van der Waals surface area contributed by atoms with Gasteiger partial charge in [-0.3, -0.25) is 4.98 Å². The molecule has 0 bridgehead atoms. The van der Waals surface area contributed by atoms with Gasteiger partial charge in [-0.1, -0.05) is 12.8 Å². The second kappa shape index (κ2) is 7.31. The highest BCUT2D eigenvalue weighted by atomic mass is 15.1. The molecule has 108 valence electrons. The second-order valence-electron chi connectivity index (χ2n) is 5.65. The van der Waals surface area contributed by atoms with Gasteiger partial charge in [-0.25, -0.2) is 0 Å². The molecule has 1 aliphatic carbocycles. The van der Waals surface area contributed by atoms with E-state index in [2.05, 4.69) is 47.1 Å². The number of anilines is 1. The first-order valence-electron chi connectivity index (χ1n) is 7.62. The molecule has 1 N–H and O–H groups in total. The highest BCUT2D eigenvalue weighted by molar-refractivity contribution is 5.46. The summed E-state index contributed by atoms with van der Waals surface area (Å²) in [6.07, 6.45) is 11.2. The first-order valence-corrected chi connectivity index (χ1v) is 7.62. The van der Waals surface area contributed by atoms with E-state index in [1.165, 1.54) is 12.8 Å². The van der Waals surface area contributed by atoms with E-state index in [0.29, 0.717) is 12.6 Å². The smallest absolute Gasteiger partial charge is 0.0792 e. The molecule has 0 saturated heterocycles. The first-order chi connectivity index (χ1) is 9.74. The van der Waals surface area contributed by atoms with Crippen LogP contribution >= 0.6 is 0 Å². The third kappa shape index (κ3) is 4.25. The second-order valence-corrected chi connectivity index (χ2v) is 5.65. The van der Waals surface area contributed by atoms with E-state index in [9.17, 15) is 0 Å². The summed E-state index contributed by atoms with van der Waals surface area (Å²) in [6, 6.07) is 4.55. The zero-order valence-electron chi connectivity index (χ0n) is 12.6. The Morgan fingerprint density at radius 1 is 1.50 bits per heavy atom. The maximum atomic E-state index is 5.47. The average molecular weight is 271 g/mol. The molecule has 0 aliphatic heterocycles. The van der Waals surface area contributed by atoms with Crippen molar-refractivity contribution in [3.8, 4) is 12.3 Å². The summed E-state index contributed by atoms with van der Waals surface area (Å²) in [5, 5.41) is 3.46. The molecule has 3 heteroatoms. The number of hydrogen-bond donors (Lipinski definition) is 1. The molecule has 1 aliphatic rings. The van der Waals surface area contributed by atoms with Gasteiger partial charge in [0.15, 0.2) is 0 Å². The van der Waals surface area contributed by atoms with Crippen LogP contribution in [0.3, 0.4) is 0 Å². The molecular weight excluding hydrogens is 246 g/mol. The van der Waals surface area contributed by atoms with E-state index in [1.807, 2.05) is 6.20 Å². The van der Waals surface area contributed by atoms with Crippen LogP contribution < -0.4 is 10.2 Å². The van der Waals surface area contributed by atoms with Crippen molar-refractivity contribution in [2.45, 2.75) is 39.2 Å². The minimum absolute atomic E-state index is 0.300. The number of terminal acetylenes is 1. The number of nitrogens with zero attached hydrogens (tertiary/aromatic N) is 2. The van der Waals surface area contributed by atoms with Crippen molar-refractivity contribution in [1.82, 2.24) is 10.3 Å². The van der Waals surface area contributed by atoms with Gasteiger partial charge in [-0.15, -0.1) is 6.42 Å². The van der Waals surface area contributed by atoms with E-state index >= 15 is 0 Å². The maximum Gasteiger partial charge on any atom is 0.0792 e. The topological polar surface area (TPSA) is 28.2 Å². The minimum Gasteiger partial charge on any atom is -0.359 e. The summed E-state index contributed by atoms with van der Waals surface area (Å²) < 4.78 is 0. The highest BCUT2D eigenvalue weighted by Crippen LogP contribution is 2.31. The zero-order valence-corrected chi connectivity index (χ0v) is 12.6. The van der Waals surface area contributed by atoms with Crippen LogP contribution in [-0.4, -0.2) is 24.6 Å². The average Bonchev–Trinajstić information content (AvgIpc) is 3.28. The van der Waals surface area contributed by atoms with Gasteiger partial charge >= 0.3 is 0 Å². The van der Waals surface area contributed by atoms with Crippen LogP contribution in [-0.2, 0) is 0 Å². The molecule has 2 rings (SSSR count). The van der Waals surface area contributed by atoms with E-state index in [1.54, 1.807) is 0 Å². The fourth-order valence-electron chi connectivity index (χ4n) is 2.29. The van der Waals surface area contributed by atoms with Crippen LogP contribution in [0.1, 0.15) is 44.8 Å². The SMILES string of the molecule is C#CCN(CC1CC1)c1ccc(C(C)NCCC)nc1. The molecule has 1 atom stereocenters. The lowest BCUT2D eigenvalue weighted by Gasteiger charge is -2.22. The van der Waals surface area contributed by atoms with E-state index in [-0.39, 0.29) is 0 Å². The van der Waals surface area contributed by atoms with E-state index < -0.39 is 0 Å². The molecule has 20 heavy (non-hydrogen) atoms. The molecule has 0 spiro atoms. The quantitative estimate of drug-likeness (QED) is 0.737. The Balaban J connectivity index is 1.99. The number of aromatic nitrogens is 1. The van der Waals surface area contributed by atoms with Gasteiger partial charge < -0.3 is 10.2 Å². The van der Waals surface area contributed by atoms with Gasteiger partial charge in [-0.2, -0.15) is 0 Å². The Hall–Kier alpha value is -1.53. The maximum absolute atomic E-state index is 5.47. The molecule has 0 radical (unpaired) electrons. The number of rotatable bonds is 8. The third-order valence-electron chi connectivity index (χ3n) is 3.74. The van der Waals surface area contributed by atoms with Crippen molar-refractivity contribution in [1.29, 1.82) is 0 Å². The molecule has 0 aromatic carbocycles. The van der Waals surface area contributed by atoms with Gasteiger partial charge in [0.25, 0.3) is 0 Å². The Labute approximate surface area is 122 Å². The fourth-order valence-corrected chi connectivity index (χ4v) is 2.29. The van der Waals surface area contributed by atoms with Crippen LogP contribution in [0.15, 0.2) is 18.3 Å². The Kier molecular flexibility index (Phi) is 5.43. The van der Waals surface area contributed by atoms with Crippen molar-refractivity contribution in [2.75, 3.05) is 24.5 Å². The summed E-state index contributed by atoms with van der Waals surface area (Å²) in [6.45, 7) is 7.08. The lowest BCUT2D eigenvalue weighted by atomic mass is 10.2. The van der Waals surface area contributed by atoms with Gasteiger partial charge in [0.2, 0.25) is 0 Å². The predicted molar refractivity (Wildman–Crippen MR) is 84.7 cm³/mol. The van der Waals surface area contributed by atoms with E-state index in [0.717, 1.165) is 36.8 Å². The van der Waals surface area contributed by atoms with E-state index in [4.69, 9.17) is 6.42 Å². The van der Waals surface area contributed by atoms with Gasteiger partial charge in [0, 0.05) is 12.6 Å². The van der Waals surface area contributed by atoms with Gasteiger partial charge in [-0.05, 0) is 50.8 Å². The van der Waals surface area contributed by atoms with Crippen LogP contribution in [0.5, 0.6) is 0 Å². The molecule has 3 nitrogen and oxygen atoms in total. The molecule has 0 amide bonds. The van der Waals surface area contributed by atoms with Crippen molar-refractivity contribution in [3.05, 3.63) is 24.0 Å². The summed E-state index contributed by atoms with van der Waals surface area (Å²) in [4.78, 5) is 6.85. The third-order valence-corrected chi connectivity index (χ3v) is 3.74. The van der Waals surface area contributed by atoms with Gasteiger partial charge in [0.1, 0.15) is 0 Å². The first kappa shape index (κ1) is 14.9. The lowest BCUT2D eigenvalue weighted by Crippen LogP contribution is -2.26. The Bertz CT molecular complexity index is 442. The van der Waals surface area contributed by atoms with Crippen molar-refractivity contribution >= 4 is 5.69 Å². The molecular formula is C17H25N3. The monoisotopic (exact) mass is 271 g/mol. The Morgan fingerprint density at radius 2 is 2.30 bits per heavy atom. The molecule has 1 fully saturated rings. The fraction of sp³-hybridized carbons (Fsp3) is 0.588. The minimum atomic E-state index is 0.300. The zero-order chi connectivity index (χ0) is 14.4. The van der Waals surface area contributed by atoms with Crippen LogP contribution in [0.25, 0.3) is 0 Å². The number of hydrogen-bond acceptors (Lipinski definition) is 3.